The number of hydrogen-bond donors (Lipinski definition) is 5. The molecule has 1 fully saturated rings. The zero-order chi connectivity index (χ0) is 10.0. The van der Waals surface area contributed by atoms with Crippen LogP contribution in [0.25, 0.3) is 0 Å². The fourth-order valence-electron chi connectivity index (χ4n) is 1.21. The number of nitrogens with one attached hydrogen (secondary N) is 1. The molecule has 1 aliphatic rings. The lowest BCUT2D eigenvalue weighted by Gasteiger charge is -2.39. The number of hydrogen-bond acceptors (Lipinski definition) is 6. The Kier molecular flexibility index (Phi) is 3.87. The quantitative estimate of drug-likeness (QED) is 0.326. The van der Waals surface area contributed by atoms with Crippen molar-refractivity contribution in [2.45, 2.75) is 30.6 Å². The van der Waals surface area contributed by atoms with E-state index < -0.39 is 37.3 Å². The van der Waals surface area contributed by atoms with Crippen LogP contribution < -0.4 is 4.84 Å². The van der Waals surface area contributed by atoms with Gasteiger partial charge in [0.05, 0.1) is 6.61 Å². The van der Waals surface area contributed by atoms with Crippen LogP contribution in [0.1, 0.15) is 0 Å². The Labute approximate surface area is 79.8 Å². The molecule has 0 aromatic rings. The molecule has 0 aromatic carbocycles. The van der Waals surface area contributed by atoms with Crippen molar-refractivity contribution in [1.29, 1.82) is 0 Å². The summed E-state index contributed by atoms with van der Waals surface area (Å²) >= 11 is 5.20. The Morgan fingerprint density at radius 1 is 1.23 bits per heavy atom. The van der Waals surface area contributed by atoms with E-state index in [9.17, 15) is 15.3 Å². The SMILES string of the molecule is OCC1O[C@@H](O)C(NCl)C(O)[C@@H]1O. The molecule has 1 heterocycles. The van der Waals surface area contributed by atoms with Crippen molar-refractivity contribution in [2.75, 3.05) is 6.61 Å². The fourth-order valence-corrected chi connectivity index (χ4v) is 1.45. The Morgan fingerprint density at radius 2 is 1.85 bits per heavy atom. The van der Waals surface area contributed by atoms with E-state index >= 15 is 0 Å². The van der Waals surface area contributed by atoms with Gasteiger partial charge in [0.2, 0.25) is 0 Å². The molecule has 1 aliphatic heterocycles. The van der Waals surface area contributed by atoms with Crippen LogP contribution in [0, 0.1) is 0 Å². The van der Waals surface area contributed by atoms with Crippen LogP contribution in [0.4, 0.5) is 0 Å². The maximum atomic E-state index is 9.36. The number of halogens is 1. The third kappa shape index (κ3) is 2.10. The summed E-state index contributed by atoms with van der Waals surface area (Å²) in [4.78, 5) is 2.08. The molecule has 13 heavy (non-hydrogen) atoms. The first-order valence-corrected chi connectivity index (χ1v) is 4.16. The summed E-state index contributed by atoms with van der Waals surface area (Å²) in [5.41, 5.74) is 0. The van der Waals surface area contributed by atoms with Crippen molar-refractivity contribution in [1.82, 2.24) is 4.84 Å². The van der Waals surface area contributed by atoms with Gasteiger partial charge in [-0.3, -0.25) is 0 Å². The van der Waals surface area contributed by atoms with Crippen molar-refractivity contribution in [3.63, 3.8) is 0 Å². The molecule has 6 nitrogen and oxygen atoms in total. The second-order valence-electron chi connectivity index (χ2n) is 2.86. The van der Waals surface area contributed by atoms with E-state index in [1.807, 2.05) is 0 Å². The highest BCUT2D eigenvalue weighted by molar-refractivity contribution is 6.13. The summed E-state index contributed by atoms with van der Waals surface area (Å²) in [6.45, 7) is -0.482. The number of rotatable bonds is 2. The predicted octanol–water partition coefficient (Wildman–Crippen LogP) is -2.47. The van der Waals surface area contributed by atoms with Crippen LogP contribution in [-0.2, 0) is 4.74 Å². The first kappa shape index (κ1) is 11.1. The van der Waals surface area contributed by atoms with Crippen LogP contribution in [0.15, 0.2) is 0 Å². The summed E-state index contributed by atoms with van der Waals surface area (Å²) in [5, 5.41) is 36.6. The molecule has 0 bridgehead atoms. The highest BCUT2D eigenvalue weighted by Gasteiger charge is 2.43. The lowest BCUT2D eigenvalue weighted by Crippen LogP contribution is -2.61. The molecule has 0 radical (unpaired) electrons. The molecule has 0 aliphatic carbocycles. The molecule has 0 spiro atoms. The second kappa shape index (κ2) is 4.52. The normalized spacial score (nSPS) is 46.4. The van der Waals surface area contributed by atoms with Crippen molar-refractivity contribution >= 4 is 11.8 Å². The fraction of sp³-hybridized carbons (Fsp3) is 1.00. The number of aliphatic hydroxyl groups excluding tert-OH is 4. The van der Waals surface area contributed by atoms with Crippen molar-refractivity contribution in [2.24, 2.45) is 0 Å². The van der Waals surface area contributed by atoms with Gasteiger partial charge in [-0.2, -0.15) is 0 Å². The first-order chi connectivity index (χ1) is 6.11. The molecule has 0 aromatic heterocycles. The van der Waals surface area contributed by atoms with E-state index in [2.05, 4.69) is 4.84 Å². The molecule has 1 saturated heterocycles. The number of aliphatic hydroxyl groups is 4. The van der Waals surface area contributed by atoms with Crippen molar-refractivity contribution in [3.05, 3.63) is 0 Å². The minimum Gasteiger partial charge on any atom is -0.394 e. The van der Waals surface area contributed by atoms with Gasteiger partial charge in [0.1, 0.15) is 24.4 Å². The van der Waals surface area contributed by atoms with Crippen molar-refractivity contribution in [3.8, 4) is 0 Å². The van der Waals surface area contributed by atoms with E-state index in [0.29, 0.717) is 0 Å². The van der Waals surface area contributed by atoms with Crippen LogP contribution >= 0.6 is 11.8 Å². The summed E-state index contributed by atoms with van der Waals surface area (Å²) in [5.74, 6) is 0. The van der Waals surface area contributed by atoms with E-state index in [1.54, 1.807) is 0 Å². The third-order valence-electron chi connectivity index (χ3n) is 2.03. The Morgan fingerprint density at radius 3 is 2.31 bits per heavy atom. The molecule has 0 saturated carbocycles. The van der Waals surface area contributed by atoms with Gasteiger partial charge in [-0.05, 0) is 11.8 Å². The van der Waals surface area contributed by atoms with Gasteiger partial charge in [0.25, 0.3) is 0 Å². The van der Waals surface area contributed by atoms with Gasteiger partial charge in [0.15, 0.2) is 6.29 Å². The van der Waals surface area contributed by atoms with Gasteiger partial charge >= 0.3 is 0 Å². The van der Waals surface area contributed by atoms with E-state index in [-0.39, 0.29) is 0 Å². The summed E-state index contributed by atoms with van der Waals surface area (Å²) in [6.07, 6.45) is -4.90. The van der Waals surface area contributed by atoms with E-state index in [4.69, 9.17) is 21.6 Å². The van der Waals surface area contributed by atoms with Gasteiger partial charge in [0, 0.05) is 0 Å². The highest BCUT2D eigenvalue weighted by Crippen LogP contribution is 2.19. The Hall–Kier alpha value is 0.0500. The summed E-state index contributed by atoms with van der Waals surface area (Å²) in [7, 11) is 0. The Bertz CT molecular complexity index is 171. The minimum atomic E-state index is -1.35. The molecule has 78 valence electrons. The van der Waals surface area contributed by atoms with Gasteiger partial charge in [-0.15, -0.1) is 0 Å². The predicted molar refractivity (Wildman–Crippen MR) is 42.8 cm³/mol. The standard InChI is InChI=1S/C6H12ClNO5/c7-8-3-5(11)4(10)2(1-9)13-6(3)12/h2-6,8-12H,1H2/t2?,3?,4-,5?,6-/m1/s1. The zero-order valence-corrected chi connectivity index (χ0v) is 7.42. The smallest absolute Gasteiger partial charge is 0.174 e. The van der Waals surface area contributed by atoms with Crippen molar-refractivity contribution < 1.29 is 25.2 Å². The molecular formula is C6H12ClNO5. The van der Waals surface area contributed by atoms with E-state index in [0.717, 1.165) is 0 Å². The summed E-state index contributed by atoms with van der Waals surface area (Å²) in [6, 6.07) is -0.973. The zero-order valence-electron chi connectivity index (χ0n) is 6.67. The first-order valence-electron chi connectivity index (χ1n) is 3.78. The largest absolute Gasteiger partial charge is 0.394 e. The van der Waals surface area contributed by atoms with Crippen LogP contribution in [0.5, 0.6) is 0 Å². The number of ether oxygens (including phenoxy) is 1. The maximum absolute atomic E-state index is 9.36. The average Bonchev–Trinajstić information content (AvgIpc) is 2.12. The maximum Gasteiger partial charge on any atom is 0.174 e. The van der Waals surface area contributed by atoms with Gasteiger partial charge < -0.3 is 25.2 Å². The van der Waals surface area contributed by atoms with Crippen LogP contribution in [0.3, 0.4) is 0 Å². The lowest BCUT2D eigenvalue weighted by molar-refractivity contribution is -0.251. The molecule has 0 amide bonds. The van der Waals surface area contributed by atoms with E-state index in [1.165, 1.54) is 0 Å². The Balaban J connectivity index is 2.66. The molecule has 7 heteroatoms. The average molecular weight is 214 g/mol. The molecule has 1 rings (SSSR count). The monoisotopic (exact) mass is 213 g/mol. The highest BCUT2D eigenvalue weighted by atomic mass is 35.5. The molecular weight excluding hydrogens is 202 g/mol. The second-order valence-corrected chi connectivity index (χ2v) is 3.08. The summed E-state index contributed by atoms with van der Waals surface area (Å²) < 4.78 is 4.77. The minimum absolute atomic E-state index is 0.482. The lowest BCUT2D eigenvalue weighted by atomic mass is 9.98. The van der Waals surface area contributed by atoms with Crippen LogP contribution in [0.2, 0.25) is 0 Å². The topological polar surface area (TPSA) is 102 Å². The molecule has 5 atom stereocenters. The third-order valence-corrected chi connectivity index (χ3v) is 2.28. The van der Waals surface area contributed by atoms with Crippen LogP contribution in [-0.4, -0.2) is 57.7 Å². The van der Waals surface area contributed by atoms with Gasteiger partial charge in [-0.1, -0.05) is 0 Å². The molecule has 3 unspecified atom stereocenters. The van der Waals surface area contributed by atoms with Gasteiger partial charge in [-0.25, -0.2) is 4.84 Å². The molecule has 5 N–H and O–H groups in total.